The van der Waals surface area contributed by atoms with Gasteiger partial charge in [-0.15, -0.1) is 0 Å². The first-order chi connectivity index (χ1) is 5.89. The Balaban J connectivity index is 4.61. The lowest BCUT2D eigenvalue weighted by molar-refractivity contribution is -0.138. The Labute approximate surface area is 75.9 Å². The van der Waals surface area contributed by atoms with Crippen molar-refractivity contribution in [3.63, 3.8) is 0 Å². The second-order valence-electron chi connectivity index (χ2n) is 2.29. The van der Waals surface area contributed by atoms with Crippen molar-refractivity contribution in [2.45, 2.75) is 20.4 Å². The molecule has 0 aliphatic heterocycles. The summed E-state index contributed by atoms with van der Waals surface area (Å²) >= 11 is 0. The van der Waals surface area contributed by atoms with Gasteiger partial charge in [-0.1, -0.05) is 0 Å². The molecule has 72 valence electrons. The van der Waals surface area contributed by atoms with Gasteiger partial charge in [-0.2, -0.15) is 4.66 Å². The number of carbonyl (C=O) groups is 2. The van der Waals surface area contributed by atoms with E-state index < -0.39 is 20.7 Å². The first-order valence-electron chi connectivity index (χ1n) is 3.38. The van der Waals surface area contributed by atoms with Gasteiger partial charge in [0.25, 0.3) is 11.9 Å². The van der Waals surface area contributed by atoms with Gasteiger partial charge in [0, 0.05) is 20.4 Å². The van der Waals surface area contributed by atoms with Gasteiger partial charge in [0.05, 0.1) is 0 Å². The maximum Gasteiger partial charge on any atom is 0.618 e. The van der Waals surface area contributed by atoms with Crippen LogP contribution in [-0.4, -0.2) is 26.7 Å². The highest BCUT2D eigenvalue weighted by Gasteiger charge is 2.40. The molecule has 0 atom stereocenters. The highest BCUT2D eigenvalue weighted by atomic mass is 28.4. The average molecular weight is 203 g/mol. The molecular formula is C6H9NO5Si. The van der Waals surface area contributed by atoms with Gasteiger partial charge in [-0.05, 0) is 0 Å². The summed E-state index contributed by atoms with van der Waals surface area (Å²) in [5.41, 5.74) is 0. The molecule has 13 heavy (non-hydrogen) atoms. The standard InChI is InChI=1S/C6H9NO5Si/c1-5(9)11-13(3,7-4-8)12-6(2)10/h1-3H3. The lowest BCUT2D eigenvalue weighted by atomic mass is 10.9. The van der Waals surface area contributed by atoms with E-state index in [0.29, 0.717) is 0 Å². The maximum atomic E-state index is 10.5. The molecule has 0 heterocycles. The molecule has 0 aliphatic rings. The fourth-order valence-corrected chi connectivity index (χ4v) is 2.05. The van der Waals surface area contributed by atoms with E-state index in [-0.39, 0.29) is 0 Å². The molecule has 0 aromatic heterocycles. The molecule has 0 spiro atoms. The van der Waals surface area contributed by atoms with Crippen molar-refractivity contribution < 1.29 is 23.2 Å². The summed E-state index contributed by atoms with van der Waals surface area (Å²) in [5, 5.41) is 0. The molecule has 0 aliphatic carbocycles. The van der Waals surface area contributed by atoms with Gasteiger partial charge < -0.3 is 8.85 Å². The summed E-state index contributed by atoms with van der Waals surface area (Å²) in [7, 11) is -3.37. The topological polar surface area (TPSA) is 82.0 Å². The van der Waals surface area contributed by atoms with Crippen LogP contribution < -0.4 is 0 Å². The van der Waals surface area contributed by atoms with Crippen molar-refractivity contribution in [1.29, 1.82) is 0 Å². The molecule has 0 saturated carbocycles. The number of rotatable bonds is 3. The molecule has 0 radical (unpaired) electrons. The third kappa shape index (κ3) is 4.89. The first kappa shape index (κ1) is 11.5. The molecule has 0 fully saturated rings. The summed E-state index contributed by atoms with van der Waals surface area (Å²) in [5.74, 6) is -1.32. The van der Waals surface area contributed by atoms with E-state index in [1.165, 1.54) is 12.6 Å². The van der Waals surface area contributed by atoms with Gasteiger partial charge in [0.1, 0.15) is 0 Å². The van der Waals surface area contributed by atoms with Crippen LogP contribution in [0.5, 0.6) is 0 Å². The summed E-state index contributed by atoms with van der Waals surface area (Å²) in [6.07, 6.45) is 1.20. The van der Waals surface area contributed by atoms with Gasteiger partial charge in [0.15, 0.2) is 0 Å². The highest BCUT2D eigenvalue weighted by Crippen LogP contribution is 2.08. The number of isocyanates is 1. The summed E-state index contributed by atoms with van der Waals surface area (Å²) in [6, 6.07) is 0. The van der Waals surface area contributed by atoms with Crippen LogP contribution in [0.1, 0.15) is 13.8 Å². The van der Waals surface area contributed by atoms with Crippen LogP contribution in [0.2, 0.25) is 6.55 Å². The van der Waals surface area contributed by atoms with Crippen molar-refractivity contribution in [2.75, 3.05) is 0 Å². The molecule has 0 rings (SSSR count). The summed E-state index contributed by atoms with van der Waals surface area (Å²) in [6.45, 7) is 3.56. The monoisotopic (exact) mass is 203 g/mol. The molecule has 0 aromatic rings. The molecular weight excluding hydrogens is 194 g/mol. The van der Waals surface area contributed by atoms with E-state index in [9.17, 15) is 14.4 Å². The lowest BCUT2D eigenvalue weighted by Gasteiger charge is -2.17. The van der Waals surface area contributed by atoms with Crippen molar-refractivity contribution in [3.8, 4) is 0 Å². The maximum absolute atomic E-state index is 10.5. The molecule has 7 heteroatoms. The van der Waals surface area contributed by atoms with Crippen LogP contribution in [0, 0.1) is 0 Å². The van der Waals surface area contributed by atoms with Gasteiger partial charge in [-0.3, -0.25) is 9.59 Å². The second-order valence-corrected chi connectivity index (χ2v) is 4.72. The second kappa shape index (κ2) is 4.54. The van der Waals surface area contributed by atoms with E-state index in [2.05, 4.69) is 13.5 Å². The average Bonchev–Trinajstić information content (AvgIpc) is 1.81. The molecule has 0 saturated heterocycles. The minimum atomic E-state index is -3.37. The fourth-order valence-electron chi connectivity index (χ4n) is 0.683. The third-order valence-electron chi connectivity index (χ3n) is 0.915. The van der Waals surface area contributed by atoms with Crippen LogP contribution in [0.15, 0.2) is 4.66 Å². The molecule has 0 N–H and O–H groups in total. The SMILES string of the molecule is CC(=O)O[Si](C)(N=C=O)OC(C)=O. The number of hydrogen-bond acceptors (Lipinski definition) is 6. The van der Waals surface area contributed by atoms with Gasteiger partial charge in [0.2, 0.25) is 6.08 Å². The Morgan fingerprint density at radius 3 is 1.85 bits per heavy atom. The zero-order chi connectivity index (χ0) is 10.5. The Bertz CT molecular complexity index is 254. The third-order valence-corrected chi connectivity index (χ3v) is 2.74. The number of nitrogens with zero attached hydrogens (tertiary/aromatic N) is 1. The van der Waals surface area contributed by atoms with E-state index in [4.69, 9.17) is 0 Å². The fraction of sp³-hybridized carbons (Fsp3) is 0.500. The molecule has 0 unspecified atom stereocenters. The van der Waals surface area contributed by atoms with E-state index in [1.807, 2.05) is 0 Å². The van der Waals surface area contributed by atoms with Crippen LogP contribution in [-0.2, 0) is 23.2 Å². The quantitative estimate of drug-likeness (QED) is 0.367. The van der Waals surface area contributed by atoms with Crippen LogP contribution in [0.25, 0.3) is 0 Å². The first-order valence-corrected chi connectivity index (χ1v) is 5.64. The summed E-state index contributed by atoms with van der Waals surface area (Å²) in [4.78, 5) is 31.0. The number of hydrogen-bond donors (Lipinski definition) is 0. The lowest BCUT2D eigenvalue weighted by Crippen LogP contribution is -2.40. The highest BCUT2D eigenvalue weighted by molar-refractivity contribution is 6.67. The van der Waals surface area contributed by atoms with Crippen molar-refractivity contribution in [2.24, 2.45) is 4.66 Å². The Hall–Kier alpha value is -1.46. The zero-order valence-corrected chi connectivity index (χ0v) is 8.49. The number of carbonyl (C=O) groups excluding carboxylic acids is 3. The van der Waals surface area contributed by atoms with Crippen molar-refractivity contribution in [3.05, 3.63) is 0 Å². The Kier molecular flexibility index (Phi) is 4.02. The van der Waals surface area contributed by atoms with E-state index in [0.717, 1.165) is 13.8 Å². The Morgan fingerprint density at radius 1 is 1.23 bits per heavy atom. The smallest absolute Gasteiger partial charge is 0.468 e. The largest absolute Gasteiger partial charge is 0.618 e. The predicted molar refractivity (Wildman–Crippen MR) is 43.3 cm³/mol. The molecule has 0 amide bonds. The normalized spacial score (nSPS) is 9.77. The van der Waals surface area contributed by atoms with Crippen LogP contribution in [0.3, 0.4) is 0 Å². The summed E-state index contributed by atoms with van der Waals surface area (Å²) < 4.78 is 12.4. The van der Waals surface area contributed by atoms with Crippen molar-refractivity contribution >= 4 is 26.7 Å². The van der Waals surface area contributed by atoms with Crippen molar-refractivity contribution in [1.82, 2.24) is 0 Å². The van der Waals surface area contributed by atoms with E-state index >= 15 is 0 Å². The zero-order valence-electron chi connectivity index (χ0n) is 7.49. The minimum absolute atomic E-state index is 0.658. The van der Waals surface area contributed by atoms with Gasteiger partial charge >= 0.3 is 8.72 Å². The predicted octanol–water partition coefficient (Wildman–Crippen LogP) is 0.0171. The van der Waals surface area contributed by atoms with E-state index in [1.54, 1.807) is 0 Å². The minimum Gasteiger partial charge on any atom is -0.468 e. The molecule has 0 aromatic carbocycles. The van der Waals surface area contributed by atoms with Crippen LogP contribution >= 0.6 is 0 Å². The molecule has 0 bridgehead atoms. The van der Waals surface area contributed by atoms with Crippen LogP contribution in [0.4, 0.5) is 0 Å². The Morgan fingerprint density at radius 2 is 1.62 bits per heavy atom. The van der Waals surface area contributed by atoms with Gasteiger partial charge in [-0.25, -0.2) is 4.79 Å². The molecule has 6 nitrogen and oxygen atoms in total.